The Bertz CT molecular complexity index is 682. The summed E-state index contributed by atoms with van der Waals surface area (Å²) in [5, 5.41) is 19.7. The summed E-state index contributed by atoms with van der Waals surface area (Å²) < 4.78 is 0. The van der Waals surface area contributed by atoms with Crippen molar-refractivity contribution in [1.29, 1.82) is 0 Å². The molecule has 0 heterocycles. The van der Waals surface area contributed by atoms with E-state index in [1.54, 1.807) is 12.1 Å². The van der Waals surface area contributed by atoms with Crippen molar-refractivity contribution in [1.82, 2.24) is 0 Å². The van der Waals surface area contributed by atoms with Gasteiger partial charge in [0.15, 0.2) is 0 Å². The van der Waals surface area contributed by atoms with Crippen LogP contribution in [0.1, 0.15) is 79.5 Å². The van der Waals surface area contributed by atoms with Crippen LogP contribution in [0.15, 0.2) is 49.1 Å². The van der Waals surface area contributed by atoms with Gasteiger partial charge in [-0.05, 0) is 67.5 Å². The molecule has 2 heteroatoms. The van der Waals surface area contributed by atoms with Gasteiger partial charge in [0.1, 0.15) is 11.5 Å². The molecular formula is C25H34O2. The molecule has 0 aliphatic heterocycles. The number of hydrogen-bond donors (Lipinski definition) is 2. The summed E-state index contributed by atoms with van der Waals surface area (Å²) in [7, 11) is 0. The fraction of sp³-hybridized carbons (Fsp3) is 0.440. The smallest absolute Gasteiger partial charge is 0.118 e. The maximum Gasteiger partial charge on any atom is 0.118 e. The molecule has 0 bridgehead atoms. The van der Waals surface area contributed by atoms with Crippen molar-refractivity contribution in [3.63, 3.8) is 0 Å². The molecule has 0 aliphatic carbocycles. The lowest BCUT2D eigenvalue weighted by Gasteiger charge is -2.20. The fourth-order valence-electron chi connectivity index (χ4n) is 3.66. The van der Waals surface area contributed by atoms with E-state index in [0.29, 0.717) is 17.4 Å². The SMILES string of the molecule is C=CCCCCCCCCC(c1ccc(O)c(C)c1)c1ccc(O)c(C)c1. The summed E-state index contributed by atoms with van der Waals surface area (Å²) in [4.78, 5) is 0. The normalized spacial score (nSPS) is 11.1. The first-order valence-corrected chi connectivity index (χ1v) is 10.2. The molecule has 0 unspecified atom stereocenters. The molecule has 0 spiro atoms. The standard InChI is InChI=1S/C25H34O2/c1-4-5-6-7-8-9-10-11-12-23(21-13-15-24(26)19(2)17-21)22-14-16-25(27)20(3)18-22/h4,13-18,23,26-27H,1,5-12H2,2-3H3. The minimum Gasteiger partial charge on any atom is -0.508 e. The van der Waals surface area contributed by atoms with Crippen molar-refractivity contribution < 1.29 is 10.2 Å². The quantitative estimate of drug-likeness (QED) is 0.327. The lowest BCUT2D eigenvalue weighted by atomic mass is 9.85. The molecule has 0 fully saturated rings. The Morgan fingerprint density at radius 1 is 0.778 bits per heavy atom. The monoisotopic (exact) mass is 366 g/mol. The third-order valence-electron chi connectivity index (χ3n) is 5.40. The molecule has 2 aromatic rings. The maximum atomic E-state index is 9.87. The van der Waals surface area contributed by atoms with E-state index < -0.39 is 0 Å². The molecule has 2 aromatic carbocycles. The van der Waals surface area contributed by atoms with Gasteiger partial charge in [0.05, 0.1) is 0 Å². The highest BCUT2D eigenvalue weighted by atomic mass is 16.3. The third-order valence-corrected chi connectivity index (χ3v) is 5.40. The second-order valence-electron chi connectivity index (χ2n) is 7.63. The molecule has 2 rings (SSSR count). The molecule has 0 radical (unpaired) electrons. The molecule has 2 nitrogen and oxygen atoms in total. The molecule has 0 saturated heterocycles. The van der Waals surface area contributed by atoms with Gasteiger partial charge in [0.25, 0.3) is 0 Å². The number of unbranched alkanes of at least 4 members (excludes halogenated alkanes) is 6. The number of phenolic OH excluding ortho intramolecular Hbond substituents is 2. The third kappa shape index (κ3) is 6.46. The van der Waals surface area contributed by atoms with Crippen molar-refractivity contribution in [2.75, 3.05) is 0 Å². The zero-order valence-electron chi connectivity index (χ0n) is 16.9. The summed E-state index contributed by atoms with van der Waals surface area (Å²) in [6, 6.07) is 11.8. The topological polar surface area (TPSA) is 40.5 Å². The van der Waals surface area contributed by atoms with Gasteiger partial charge in [-0.15, -0.1) is 6.58 Å². The van der Waals surface area contributed by atoms with E-state index in [-0.39, 0.29) is 0 Å². The molecule has 0 aliphatic rings. The van der Waals surface area contributed by atoms with E-state index in [1.165, 1.54) is 49.7 Å². The second kappa shape index (κ2) is 10.8. The maximum absolute atomic E-state index is 9.87. The van der Waals surface area contributed by atoms with E-state index in [4.69, 9.17) is 0 Å². The minimum atomic E-state index is 0.296. The minimum absolute atomic E-state index is 0.296. The summed E-state index contributed by atoms with van der Waals surface area (Å²) in [6.07, 6.45) is 11.8. The highest BCUT2D eigenvalue weighted by Crippen LogP contribution is 2.34. The van der Waals surface area contributed by atoms with Crippen molar-refractivity contribution in [3.05, 3.63) is 71.3 Å². The van der Waals surface area contributed by atoms with Crippen molar-refractivity contribution in [2.45, 2.75) is 71.1 Å². The number of aromatic hydroxyl groups is 2. The Labute approximate surface area is 164 Å². The highest BCUT2D eigenvalue weighted by molar-refractivity contribution is 5.43. The second-order valence-corrected chi connectivity index (χ2v) is 7.63. The Morgan fingerprint density at radius 2 is 1.26 bits per heavy atom. The molecule has 27 heavy (non-hydrogen) atoms. The molecule has 0 saturated carbocycles. The highest BCUT2D eigenvalue weighted by Gasteiger charge is 2.16. The van der Waals surface area contributed by atoms with Crippen LogP contribution in [-0.2, 0) is 0 Å². The van der Waals surface area contributed by atoms with Crippen LogP contribution in [0.3, 0.4) is 0 Å². The number of allylic oxidation sites excluding steroid dienone is 1. The predicted octanol–water partition coefficient (Wildman–Crippen LogP) is 7.15. The molecule has 0 amide bonds. The molecule has 146 valence electrons. The van der Waals surface area contributed by atoms with Crippen LogP contribution in [0.25, 0.3) is 0 Å². The Kier molecular flexibility index (Phi) is 8.44. The number of benzene rings is 2. The van der Waals surface area contributed by atoms with Crippen molar-refractivity contribution in [2.24, 2.45) is 0 Å². The first kappa shape index (κ1) is 21.1. The lowest BCUT2D eigenvalue weighted by molar-refractivity contribution is 0.470. The van der Waals surface area contributed by atoms with Crippen LogP contribution in [0.4, 0.5) is 0 Å². The zero-order chi connectivity index (χ0) is 19.6. The average Bonchev–Trinajstić information content (AvgIpc) is 2.65. The predicted molar refractivity (Wildman–Crippen MR) is 115 cm³/mol. The van der Waals surface area contributed by atoms with Gasteiger partial charge in [-0.1, -0.05) is 62.4 Å². The summed E-state index contributed by atoms with van der Waals surface area (Å²) in [5.74, 6) is 0.988. The van der Waals surface area contributed by atoms with Gasteiger partial charge in [0.2, 0.25) is 0 Å². The fourth-order valence-corrected chi connectivity index (χ4v) is 3.66. The van der Waals surface area contributed by atoms with E-state index in [2.05, 4.69) is 18.7 Å². The Morgan fingerprint density at radius 3 is 1.74 bits per heavy atom. The van der Waals surface area contributed by atoms with Crippen LogP contribution < -0.4 is 0 Å². The number of phenols is 2. The van der Waals surface area contributed by atoms with E-state index >= 15 is 0 Å². The average molecular weight is 367 g/mol. The molecule has 0 aromatic heterocycles. The van der Waals surface area contributed by atoms with Gasteiger partial charge >= 0.3 is 0 Å². The Balaban J connectivity index is 2.03. The van der Waals surface area contributed by atoms with Crippen LogP contribution in [0.5, 0.6) is 11.5 Å². The molecular weight excluding hydrogens is 332 g/mol. The van der Waals surface area contributed by atoms with Crippen molar-refractivity contribution in [3.8, 4) is 11.5 Å². The van der Waals surface area contributed by atoms with Crippen LogP contribution in [-0.4, -0.2) is 10.2 Å². The van der Waals surface area contributed by atoms with Gasteiger partial charge in [-0.25, -0.2) is 0 Å². The van der Waals surface area contributed by atoms with Crippen LogP contribution >= 0.6 is 0 Å². The van der Waals surface area contributed by atoms with Gasteiger partial charge in [0, 0.05) is 5.92 Å². The molecule has 0 atom stereocenters. The number of hydrogen-bond acceptors (Lipinski definition) is 2. The van der Waals surface area contributed by atoms with E-state index in [9.17, 15) is 10.2 Å². The Hall–Kier alpha value is -2.22. The first-order chi connectivity index (χ1) is 13.0. The number of rotatable bonds is 11. The summed E-state index contributed by atoms with van der Waals surface area (Å²) in [6.45, 7) is 7.67. The summed E-state index contributed by atoms with van der Waals surface area (Å²) in [5.41, 5.74) is 4.30. The van der Waals surface area contributed by atoms with Gasteiger partial charge < -0.3 is 10.2 Å². The van der Waals surface area contributed by atoms with Gasteiger partial charge in [-0.3, -0.25) is 0 Å². The first-order valence-electron chi connectivity index (χ1n) is 10.2. The van der Waals surface area contributed by atoms with Crippen LogP contribution in [0, 0.1) is 13.8 Å². The summed E-state index contributed by atoms with van der Waals surface area (Å²) >= 11 is 0. The zero-order valence-corrected chi connectivity index (χ0v) is 16.9. The largest absolute Gasteiger partial charge is 0.508 e. The molecule has 2 N–H and O–H groups in total. The number of aryl methyl sites for hydroxylation is 2. The van der Waals surface area contributed by atoms with Crippen molar-refractivity contribution >= 4 is 0 Å². The van der Waals surface area contributed by atoms with Gasteiger partial charge in [-0.2, -0.15) is 0 Å². The lowest BCUT2D eigenvalue weighted by Crippen LogP contribution is -2.02. The van der Waals surface area contributed by atoms with Crippen LogP contribution in [0.2, 0.25) is 0 Å². The van der Waals surface area contributed by atoms with E-state index in [0.717, 1.165) is 24.0 Å². The van der Waals surface area contributed by atoms with E-state index in [1.807, 2.05) is 32.1 Å².